The number of hydrogen-bond donors (Lipinski definition) is 1. The number of oxazole rings is 1. The van der Waals surface area contributed by atoms with Gasteiger partial charge in [0.25, 0.3) is 6.01 Å². The van der Waals surface area contributed by atoms with E-state index in [-0.39, 0.29) is 0 Å². The van der Waals surface area contributed by atoms with Crippen molar-refractivity contribution in [2.24, 2.45) is 0 Å². The highest BCUT2D eigenvalue weighted by atomic mass is 32.1. The van der Waals surface area contributed by atoms with Crippen molar-refractivity contribution in [1.29, 1.82) is 0 Å². The molecule has 2 aromatic heterocycles. The first-order valence-corrected chi connectivity index (χ1v) is 4.88. The van der Waals surface area contributed by atoms with Gasteiger partial charge in [-0.25, -0.2) is 0 Å². The third-order valence-electron chi connectivity index (χ3n) is 1.76. The van der Waals surface area contributed by atoms with Crippen LogP contribution in [-0.4, -0.2) is 12.0 Å². The van der Waals surface area contributed by atoms with Crippen molar-refractivity contribution in [3.8, 4) is 10.6 Å². The largest absolute Gasteiger partial charge is 0.422 e. The lowest BCUT2D eigenvalue weighted by Gasteiger charge is -1.90. The zero-order chi connectivity index (χ0) is 9.26. The summed E-state index contributed by atoms with van der Waals surface area (Å²) in [6.45, 7) is 1.94. The molecule has 2 heterocycles. The van der Waals surface area contributed by atoms with Gasteiger partial charge >= 0.3 is 0 Å². The Morgan fingerprint density at radius 3 is 2.92 bits per heavy atom. The van der Waals surface area contributed by atoms with Gasteiger partial charge in [-0.05, 0) is 18.4 Å². The molecule has 0 saturated carbocycles. The molecule has 0 bridgehead atoms. The van der Waals surface area contributed by atoms with Crippen molar-refractivity contribution in [3.63, 3.8) is 0 Å². The van der Waals surface area contributed by atoms with Crippen LogP contribution < -0.4 is 5.32 Å². The predicted octanol–water partition coefficient (Wildman–Crippen LogP) is 2.75. The topological polar surface area (TPSA) is 38.1 Å². The zero-order valence-electron chi connectivity index (χ0n) is 7.50. The first-order valence-electron chi connectivity index (χ1n) is 4.00. The van der Waals surface area contributed by atoms with Gasteiger partial charge in [-0.15, -0.1) is 11.3 Å². The number of thiophene rings is 1. The van der Waals surface area contributed by atoms with Crippen LogP contribution in [0.4, 0.5) is 6.01 Å². The van der Waals surface area contributed by atoms with Crippen molar-refractivity contribution < 1.29 is 4.42 Å². The molecule has 13 heavy (non-hydrogen) atoms. The molecule has 0 fully saturated rings. The van der Waals surface area contributed by atoms with E-state index >= 15 is 0 Å². The molecular formula is C9H10N2OS. The van der Waals surface area contributed by atoms with Crippen LogP contribution in [0.1, 0.15) is 5.69 Å². The van der Waals surface area contributed by atoms with Gasteiger partial charge < -0.3 is 9.73 Å². The molecule has 0 aliphatic rings. The summed E-state index contributed by atoms with van der Waals surface area (Å²) in [6, 6.07) is 4.60. The molecule has 0 atom stereocenters. The van der Waals surface area contributed by atoms with E-state index < -0.39 is 0 Å². The first-order chi connectivity index (χ1) is 6.31. The fourth-order valence-corrected chi connectivity index (χ4v) is 1.90. The van der Waals surface area contributed by atoms with Gasteiger partial charge in [-0.3, -0.25) is 0 Å². The summed E-state index contributed by atoms with van der Waals surface area (Å²) in [4.78, 5) is 5.33. The summed E-state index contributed by atoms with van der Waals surface area (Å²) in [5, 5.41) is 4.90. The molecular weight excluding hydrogens is 184 g/mol. The molecule has 4 heteroatoms. The van der Waals surface area contributed by atoms with E-state index in [1.807, 2.05) is 24.4 Å². The summed E-state index contributed by atoms with van der Waals surface area (Å²) in [5.74, 6) is 0.861. The maximum Gasteiger partial charge on any atom is 0.295 e. The molecule has 1 N–H and O–H groups in total. The second-order valence-electron chi connectivity index (χ2n) is 2.66. The molecule has 2 aromatic rings. The predicted molar refractivity (Wildman–Crippen MR) is 54.1 cm³/mol. The highest BCUT2D eigenvalue weighted by Crippen LogP contribution is 2.29. The van der Waals surface area contributed by atoms with Crippen LogP contribution in [-0.2, 0) is 0 Å². The Morgan fingerprint density at radius 1 is 1.54 bits per heavy atom. The van der Waals surface area contributed by atoms with Crippen LogP contribution >= 0.6 is 11.3 Å². The summed E-state index contributed by atoms with van der Waals surface area (Å²) in [7, 11) is 1.80. The van der Waals surface area contributed by atoms with E-state index in [0.717, 1.165) is 16.3 Å². The molecule has 0 aliphatic heterocycles. The third-order valence-corrected chi connectivity index (χ3v) is 2.62. The number of rotatable bonds is 2. The van der Waals surface area contributed by atoms with Gasteiger partial charge in [0, 0.05) is 7.05 Å². The second-order valence-corrected chi connectivity index (χ2v) is 3.61. The van der Waals surface area contributed by atoms with Gasteiger partial charge in [-0.2, -0.15) is 4.98 Å². The highest BCUT2D eigenvalue weighted by Gasteiger charge is 2.10. The van der Waals surface area contributed by atoms with Crippen LogP contribution in [0.25, 0.3) is 10.6 Å². The zero-order valence-corrected chi connectivity index (χ0v) is 8.31. The lowest BCUT2D eigenvalue weighted by atomic mass is 10.3. The Bertz CT molecular complexity index is 392. The fourth-order valence-electron chi connectivity index (χ4n) is 1.14. The van der Waals surface area contributed by atoms with Crippen molar-refractivity contribution in [3.05, 3.63) is 23.2 Å². The molecule has 0 aromatic carbocycles. The van der Waals surface area contributed by atoms with Crippen molar-refractivity contribution in [2.45, 2.75) is 6.92 Å². The molecule has 0 saturated heterocycles. The normalized spacial score (nSPS) is 10.3. The smallest absolute Gasteiger partial charge is 0.295 e. The van der Waals surface area contributed by atoms with Crippen molar-refractivity contribution >= 4 is 17.4 Å². The van der Waals surface area contributed by atoms with E-state index in [1.165, 1.54) is 0 Å². The van der Waals surface area contributed by atoms with Gasteiger partial charge in [0.1, 0.15) is 0 Å². The molecule has 68 valence electrons. The molecule has 0 unspecified atom stereocenters. The van der Waals surface area contributed by atoms with E-state index in [0.29, 0.717) is 6.01 Å². The minimum atomic E-state index is 0.570. The van der Waals surface area contributed by atoms with Gasteiger partial charge in [0.15, 0.2) is 5.76 Å². The van der Waals surface area contributed by atoms with Crippen LogP contribution in [0.2, 0.25) is 0 Å². The van der Waals surface area contributed by atoms with Crippen LogP contribution in [0.3, 0.4) is 0 Å². The Kier molecular flexibility index (Phi) is 2.06. The number of aryl methyl sites for hydroxylation is 1. The standard InChI is InChI=1S/C9H10N2OS/c1-6-8(7-4-3-5-13-7)12-9(10-2)11-6/h3-5H,1-2H3,(H,10,11). The average molecular weight is 194 g/mol. The van der Waals surface area contributed by atoms with E-state index in [2.05, 4.69) is 10.3 Å². The SMILES string of the molecule is CNc1nc(C)c(-c2cccs2)o1. The number of nitrogens with zero attached hydrogens (tertiary/aromatic N) is 1. The highest BCUT2D eigenvalue weighted by molar-refractivity contribution is 7.13. The monoisotopic (exact) mass is 194 g/mol. The summed E-state index contributed by atoms with van der Waals surface area (Å²) >= 11 is 1.65. The number of hydrogen-bond acceptors (Lipinski definition) is 4. The maximum atomic E-state index is 5.50. The quantitative estimate of drug-likeness (QED) is 0.798. The van der Waals surface area contributed by atoms with Gasteiger partial charge in [0.05, 0.1) is 10.6 Å². The summed E-state index contributed by atoms with van der Waals surface area (Å²) in [6.07, 6.45) is 0. The fraction of sp³-hybridized carbons (Fsp3) is 0.222. The molecule has 0 amide bonds. The third kappa shape index (κ3) is 1.45. The van der Waals surface area contributed by atoms with Crippen molar-refractivity contribution in [1.82, 2.24) is 4.98 Å². The Labute approximate surface area is 80.4 Å². The molecule has 0 radical (unpaired) electrons. The average Bonchev–Trinajstić information content (AvgIpc) is 2.72. The Morgan fingerprint density at radius 2 is 2.38 bits per heavy atom. The van der Waals surface area contributed by atoms with E-state index in [1.54, 1.807) is 18.4 Å². The number of aromatic nitrogens is 1. The molecule has 0 aliphatic carbocycles. The summed E-state index contributed by atoms with van der Waals surface area (Å²) in [5.41, 5.74) is 0.923. The van der Waals surface area contributed by atoms with E-state index in [9.17, 15) is 0 Å². The number of nitrogens with one attached hydrogen (secondary N) is 1. The second kappa shape index (κ2) is 3.22. The minimum Gasteiger partial charge on any atom is -0.422 e. The van der Waals surface area contributed by atoms with Crippen molar-refractivity contribution in [2.75, 3.05) is 12.4 Å². The molecule has 2 rings (SSSR count). The van der Waals surface area contributed by atoms with Crippen LogP contribution in [0, 0.1) is 6.92 Å². The summed E-state index contributed by atoms with van der Waals surface area (Å²) < 4.78 is 5.50. The minimum absolute atomic E-state index is 0.570. The van der Waals surface area contributed by atoms with Gasteiger partial charge in [0.2, 0.25) is 0 Å². The van der Waals surface area contributed by atoms with Crippen LogP contribution in [0.15, 0.2) is 21.9 Å². The first kappa shape index (κ1) is 8.31. The molecule has 3 nitrogen and oxygen atoms in total. The van der Waals surface area contributed by atoms with Gasteiger partial charge in [-0.1, -0.05) is 6.07 Å². The lowest BCUT2D eigenvalue weighted by molar-refractivity contribution is 0.590. The van der Waals surface area contributed by atoms with Crippen LogP contribution in [0.5, 0.6) is 0 Å². The Hall–Kier alpha value is -1.29. The molecule has 0 spiro atoms. The number of anilines is 1. The van der Waals surface area contributed by atoms with E-state index in [4.69, 9.17) is 4.42 Å². The lowest BCUT2D eigenvalue weighted by Crippen LogP contribution is -1.85. The Balaban J connectivity index is 2.46. The maximum absolute atomic E-state index is 5.50.